The molecule has 0 radical (unpaired) electrons. The predicted octanol–water partition coefficient (Wildman–Crippen LogP) is 4.62. The number of morpholine rings is 1. The quantitative estimate of drug-likeness (QED) is 0.375. The Kier molecular flexibility index (Phi) is 6.96. The summed E-state index contributed by atoms with van der Waals surface area (Å²) in [6.07, 6.45) is 1.71. The lowest BCUT2D eigenvalue weighted by atomic mass is 10.2. The zero-order chi connectivity index (χ0) is 21.6. The molecule has 1 aromatic heterocycles. The topological polar surface area (TPSA) is 87.6 Å². The lowest BCUT2D eigenvalue weighted by Crippen LogP contribution is -2.37. The number of anilines is 4. The molecule has 0 bridgehead atoms. The summed E-state index contributed by atoms with van der Waals surface area (Å²) in [6, 6.07) is 13.6. The SMILES string of the molecule is Cc1cc(Br)c(Nc2nc(N/N=C/c3ccccc3)nc(N3CCOCC3)n2)cc1Cl. The Morgan fingerprint density at radius 1 is 1.10 bits per heavy atom. The van der Waals surface area contributed by atoms with Crippen molar-refractivity contribution in [3.63, 3.8) is 0 Å². The summed E-state index contributed by atoms with van der Waals surface area (Å²) in [5.74, 6) is 1.27. The van der Waals surface area contributed by atoms with E-state index in [0.29, 0.717) is 49.2 Å². The molecule has 1 fully saturated rings. The number of hydrazone groups is 1. The lowest BCUT2D eigenvalue weighted by Gasteiger charge is -2.27. The third kappa shape index (κ3) is 5.69. The molecule has 1 aliphatic heterocycles. The summed E-state index contributed by atoms with van der Waals surface area (Å²) in [6.45, 7) is 4.61. The Bertz CT molecular complexity index is 1070. The van der Waals surface area contributed by atoms with Crippen LogP contribution in [0.3, 0.4) is 0 Å². The van der Waals surface area contributed by atoms with Crippen LogP contribution in [0.25, 0.3) is 0 Å². The van der Waals surface area contributed by atoms with Gasteiger partial charge in [0.1, 0.15) is 0 Å². The highest BCUT2D eigenvalue weighted by Crippen LogP contribution is 2.31. The average Bonchev–Trinajstić information content (AvgIpc) is 2.79. The van der Waals surface area contributed by atoms with E-state index in [2.05, 4.69) is 51.6 Å². The Morgan fingerprint density at radius 3 is 2.61 bits per heavy atom. The van der Waals surface area contributed by atoms with E-state index in [4.69, 9.17) is 16.3 Å². The molecule has 31 heavy (non-hydrogen) atoms. The maximum Gasteiger partial charge on any atom is 0.250 e. The molecule has 1 saturated heterocycles. The predicted molar refractivity (Wildman–Crippen MR) is 128 cm³/mol. The fraction of sp³-hybridized carbons (Fsp3) is 0.238. The summed E-state index contributed by atoms with van der Waals surface area (Å²) in [4.78, 5) is 15.6. The van der Waals surface area contributed by atoms with Gasteiger partial charge in [-0.1, -0.05) is 41.9 Å². The van der Waals surface area contributed by atoms with Gasteiger partial charge in [0, 0.05) is 22.6 Å². The van der Waals surface area contributed by atoms with Crippen molar-refractivity contribution in [2.75, 3.05) is 41.9 Å². The van der Waals surface area contributed by atoms with Crippen LogP contribution in [0.2, 0.25) is 5.02 Å². The molecular weight excluding hydrogens is 482 g/mol. The summed E-state index contributed by atoms with van der Waals surface area (Å²) in [7, 11) is 0. The van der Waals surface area contributed by atoms with E-state index >= 15 is 0 Å². The molecule has 160 valence electrons. The second-order valence-corrected chi connectivity index (χ2v) is 8.13. The summed E-state index contributed by atoms with van der Waals surface area (Å²) in [5.41, 5.74) is 5.60. The van der Waals surface area contributed by atoms with E-state index in [1.807, 2.05) is 49.4 Å². The molecule has 4 rings (SSSR count). The summed E-state index contributed by atoms with van der Waals surface area (Å²) < 4.78 is 6.30. The molecule has 0 atom stereocenters. The average molecular weight is 503 g/mol. The first kappa shape index (κ1) is 21.5. The Morgan fingerprint density at radius 2 is 1.84 bits per heavy atom. The summed E-state index contributed by atoms with van der Waals surface area (Å²) in [5, 5.41) is 8.14. The molecule has 2 heterocycles. The van der Waals surface area contributed by atoms with Crippen molar-refractivity contribution in [2.45, 2.75) is 6.92 Å². The zero-order valence-electron chi connectivity index (χ0n) is 16.8. The van der Waals surface area contributed by atoms with Crippen LogP contribution in [0.4, 0.5) is 23.5 Å². The molecule has 10 heteroatoms. The fourth-order valence-electron chi connectivity index (χ4n) is 2.94. The van der Waals surface area contributed by atoms with Crippen molar-refractivity contribution in [2.24, 2.45) is 5.10 Å². The lowest BCUT2D eigenvalue weighted by molar-refractivity contribution is 0.122. The van der Waals surface area contributed by atoms with Gasteiger partial charge in [-0.05, 0) is 46.1 Å². The van der Waals surface area contributed by atoms with Crippen molar-refractivity contribution in [1.29, 1.82) is 0 Å². The van der Waals surface area contributed by atoms with Crippen LogP contribution in [0.1, 0.15) is 11.1 Å². The number of halogens is 2. The molecule has 3 aromatic rings. The minimum Gasteiger partial charge on any atom is -0.378 e. The van der Waals surface area contributed by atoms with Crippen molar-refractivity contribution >= 4 is 57.3 Å². The largest absolute Gasteiger partial charge is 0.378 e. The van der Waals surface area contributed by atoms with Gasteiger partial charge in [-0.15, -0.1) is 0 Å². The van der Waals surface area contributed by atoms with Crippen LogP contribution in [0, 0.1) is 6.92 Å². The Hall–Kier alpha value is -2.75. The van der Waals surface area contributed by atoms with E-state index in [9.17, 15) is 0 Å². The molecule has 0 spiro atoms. The molecule has 2 N–H and O–H groups in total. The number of hydrogen-bond acceptors (Lipinski definition) is 8. The van der Waals surface area contributed by atoms with E-state index in [0.717, 1.165) is 21.3 Å². The number of nitrogens with one attached hydrogen (secondary N) is 2. The van der Waals surface area contributed by atoms with Gasteiger partial charge in [0.2, 0.25) is 17.8 Å². The molecule has 0 amide bonds. The highest BCUT2D eigenvalue weighted by molar-refractivity contribution is 9.10. The van der Waals surface area contributed by atoms with Gasteiger partial charge in [-0.2, -0.15) is 20.1 Å². The first-order valence-corrected chi connectivity index (χ1v) is 10.9. The van der Waals surface area contributed by atoms with Gasteiger partial charge in [-0.25, -0.2) is 5.43 Å². The van der Waals surface area contributed by atoms with Crippen molar-refractivity contribution in [1.82, 2.24) is 15.0 Å². The highest BCUT2D eigenvalue weighted by Gasteiger charge is 2.17. The zero-order valence-corrected chi connectivity index (χ0v) is 19.2. The van der Waals surface area contributed by atoms with Gasteiger partial charge in [0.05, 0.1) is 25.1 Å². The van der Waals surface area contributed by atoms with Gasteiger partial charge >= 0.3 is 0 Å². The number of rotatable bonds is 6. The third-order valence-corrected chi connectivity index (χ3v) is 5.65. The Labute approximate surface area is 193 Å². The Balaban J connectivity index is 1.61. The van der Waals surface area contributed by atoms with Crippen LogP contribution in [0.15, 0.2) is 52.0 Å². The maximum absolute atomic E-state index is 6.30. The number of nitrogens with zero attached hydrogens (tertiary/aromatic N) is 5. The van der Waals surface area contributed by atoms with E-state index in [1.165, 1.54) is 0 Å². The molecule has 0 saturated carbocycles. The monoisotopic (exact) mass is 501 g/mol. The molecule has 0 aliphatic carbocycles. The van der Waals surface area contributed by atoms with Crippen LogP contribution < -0.4 is 15.6 Å². The third-order valence-electron chi connectivity index (χ3n) is 4.59. The number of aromatic nitrogens is 3. The first-order valence-electron chi connectivity index (χ1n) is 9.74. The van der Waals surface area contributed by atoms with Crippen LogP contribution >= 0.6 is 27.5 Å². The van der Waals surface area contributed by atoms with Gasteiger partial charge in [-0.3, -0.25) is 0 Å². The molecule has 8 nitrogen and oxygen atoms in total. The normalized spacial score (nSPS) is 14.1. The molecule has 1 aliphatic rings. The number of benzene rings is 2. The van der Waals surface area contributed by atoms with E-state index < -0.39 is 0 Å². The van der Waals surface area contributed by atoms with Crippen molar-refractivity contribution in [3.8, 4) is 0 Å². The highest BCUT2D eigenvalue weighted by atomic mass is 79.9. The summed E-state index contributed by atoms with van der Waals surface area (Å²) >= 11 is 9.86. The van der Waals surface area contributed by atoms with Crippen LogP contribution in [-0.4, -0.2) is 47.5 Å². The molecular formula is C21H21BrClN7O. The minimum absolute atomic E-state index is 0.334. The second-order valence-electron chi connectivity index (χ2n) is 6.87. The van der Waals surface area contributed by atoms with E-state index in [1.54, 1.807) is 6.21 Å². The first-order chi connectivity index (χ1) is 15.1. The molecule has 0 unspecified atom stereocenters. The van der Waals surface area contributed by atoms with Crippen LogP contribution in [0.5, 0.6) is 0 Å². The van der Waals surface area contributed by atoms with Crippen molar-refractivity contribution in [3.05, 3.63) is 63.1 Å². The second kappa shape index (κ2) is 10.0. The fourth-order valence-corrected chi connectivity index (χ4v) is 3.66. The number of aryl methyl sites for hydroxylation is 1. The van der Waals surface area contributed by atoms with Gasteiger partial charge in [0.15, 0.2) is 0 Å². The smallest absolute Gasteiger partial charge is 0.250 e. The number of ether oxygens (including phenoxy) is 1. The van der Waals surface area contributed by atoms with E-state index in [-0.39, 0.29) is 0 Å². The number of hydrogen-bond donors (Lipinski definition) is 2. The van der Waals surface area contributed by atoms with Crippen molar-refractivity contribution < 1.29 is 4.74 Å². The van der Waals surface area contributed by atoms with Crippen LogP contribution in [-0.2, 0) is 4.74 Å². The minimum atomic E-state index is 0.334. The maximum atomic E-state index is 6.30. The standard InChI is InChI=1S/C21H21BrClN7O/c1-14-11-16(22)18(12-17(14)23)25-19-26-20(29-24-13-15-5-3-2-4-6-15)28-21(27-19)30-7-9-31-10-8-30/h2-6,11-13H,7-10H2,1H3,(H2,25,26,27,28,29)/b24-13+. The van der Waals surface area contributed by atoms with Gasteiger partial charge < -0.3 is 15.0 Å². The van der Waals surface area contributed by atoms with Gasteiger partial charge in [0.25, 0.3) is 0 Å². The molecule has 2 aromatic carbocycles.